The summed E-state index contributed by atoms with van der Waals surface area (Å²) in [5, 5.41) is 0.467. The number of aryl methyl sites for hydroxylation is 1. The number of nitrogens with one attached hydrogen (secondary N) is 1. The van der Waals surface area contributed by atoms with Crippen LogP contribution in [0.3, 0.4) is 0 Å². The fraction of sp³-hybridized carbons (Fsp3) is 0.304. The molecule has 2 atom stereocenters. The first kappa shape index (κ1) is 20.6. The second-order valence-electron chi connectivity index (χ2n) is 7.63. The van der Waals surface area contributed by atoms with Crippen LogP contribution >= 0.6 is 0 Å². The summed E-state index contributed by atoms with van der Waals surface area (Å²) in [5.74, 6) is -0.466. The van der Waals surface area contributed by atoms with Gasteiger partial charge in [-0.1, -0.05) is 18.2 Å². The number of fused-ring (bicyclic) bond motifs is 1. The molecule has 1 saturated heterocycles. The monoisotopic (exact) mass is 421 g/mol. The van der Waals surface area contributed by atoms with Gasteiger partial charge < -0.3 is 19.4 Å². The van der Waals surface area contributed by atoms with Gasteiger partial charge in [-0.25, -0.2) is 4.98 Å². The molecule has 0 saturated carbocycles. The highest BCUT2D eigenvalue weighted by molar-refractivity contribution is 6.00. The van der Waals surface area contributed by atoms with Crippen molar-refractivity contribution in [3.63, 3.8) is 0 Å². The van der Waals surface area contributed by atoms with Crippen molar-refractivity contribution in [2.75, 3.05) is 18.6 Å². The van der Waals surface area contributed by atoms with Crippen molar-refractivity contribution in [2.45, 2.75) is 26.4 Å². The Balaban J connectivity index is 1.50. The van der Waals surface area contributed by atoms with Crippen molar-refractivity contribution < 1.29 is 19.1 Å². The Hall–Kier alpha value is -3.68. The van der Waals surface area contributed by atoms with Crippen LogP contribution < -0.4 is 15.2 Å². The average Bonchev–Trinajstić information content (AvgIpc) is 3.15. The first-order valence-electron chi connectivity index (χ1n) is 10.0. The molecule has 0 aliphatic carbocycles. The largest absolute Gasteiger partial charge is 0.495 e. The fourth-order valence-electron chi connectivity index (χ4n) is 3.73. The number of nitrogens with zero attached hydrogens (tertiary/aromatic N) is 2. The molecule has 0 spiro atoms. The van der Waals surface area contributed by atoms with Gasteiger partial charge in [0.1, 0.15) is 5.75 Å². The van der Waals surface area contributed by atoms with E-state index in [0.29, 0.717) is 22.3 Å². The number of carbonyl (C=O) groups is 2. The number of aromatic amines is 1. The molecule has 1 aliphatic heterocycles. The molecule has 1 aliphatic rings. The maximum Gasteiger partial charge on any atom is 0.311 e. The van der Waals surface area contributed by atoms with E-state index in [1.807, 2.05) is 19.1 Å². The van der Waals surface area contributed by atoms with E-state index in [-0.39, 0.29) is 30.3 Å². The van der Waals surface area contributed by atoms with E-state index < -0.39 is 18.0 Å². The first-order valence-corrected chi connectivity index (χ1v) is 10.0. The Kier molecular flexibility index (Phi) is 5.46. The maximum atomic E-state index is 12.8. The maximum absolute atomic E-state index is 12.8. The molecule has 2 aromatic carbocycles. The number of hydrogen-bond donors (Lipinski definition) is 1. The minimum Gasteiger partial charge on any atom is -0.495 e. The molecule has 31 heavy (non-hydrogen) atoms. The van der Waals surface area contributed by atoms with Crippen LogP contribution in [-0.2, 0) is 14.3 Å². The van der Waals surface area contributed by atoms with Crippen molar-refractivity contribution >= 4 is 28.5 Å². The normalized spacial score (nSPS) is 17.1. The number of rotatable bonds is 5. The topological polar surface area (TPSA) is 102 Å². The van der Waals surface area contributed by atoms with Crippen LogP contribution in [0.2, 0.25) is 0 Å². The number of H-pyrrole nitrogens is 1. The summed E-state index contributed by atoms with van der Waals surface area (Å²) < 4.78 is 10.9. The standard InChI is InChI=1S/C23H23N3O5/c1-13-8-9-19(30-3)18(10-13)26-12-15(11-20(26)27)23(29)31-14(2)21-24-17-7-5-4-6-16(17)22(28)25-21/h4-10,14-15H,11-12H2,1-3H3,(H,24,25,28)/t14-,15+/m0/s1. The Morgan fingerprint density at radius 3 is 2.77 bits per heavy atom. The Morgan fingerprint density at radius 2 is 2.00 bits per heavy atom. The Morgan fingerprint density at radius 1 is 1.23 bits per heavy atom. The molecule has 0 bridgehead atoms. The van der Waals surface area contributed by atoms with E-state index in [1.54, 1.807) is 49.3 Å². The number of anilines is 1. The molecule has 0 unspecified atom stereocenters. The van der Waals surface area contributed by atoms with E-state index >= 15 is 0 Å². The van der Waals surface area contributed by atoms with Gasteiger partial charge in [-0.2, -0.15) is 0 Å². The molecule has 8 heteroatoms. The Labute approximate surface area is 178 Å². The lowest BCUT2D eigenvalue weighted by Gasteiger charge is -2.20. The summed E-state index contributed by atoms with van der Waals surface area (Å²) in [6.45, 7) is 3.77. The van der Waals surface area contributed by atoms with Crippen LogP contribution in [0.1, 0.15) is 30.8 Å². The highest BCUT2D eigenvalue weighted by Crippen LogP contribution is 2.34. The minimum absolute atomic E-state index is 0.0460. The van der Waals surface area contributed by atoms with Crippen molar-refractivity contribution in [2.24, 2.45) is 5.92 Å². The molecule has 1 aromatic heterocycles. The van der Waals surface area contributed by atoms with E-state index in [4.69, 9.17) is 9.47 Å². The zero-order chi connectivity index (χ0) is 22.1. The van der Waals surface area contributed by atoms with Crippen molar-refractivity contribution in [1.82, 2.24) is 9.97 Å². The number of hydrogen-bond acceptors (Lipinski definition) is 6. The predicted octanol–water partition coefficient (Wildman–Crippen LogP) is 2.90. The van der Waals surface area contributed by atoms with Crippen LogP contribution in [0.25, 0.3) is 10.9 Å². The van der Waals surface area contributed by atoms with Crippen molar-refractivity contribution in [3.8, 4) is 5.75 Å². The van der Waals surface area contributed by atoms with Gasteiger partial charge in [-0.3, -0.25) is 14.4 Å². The number of esters is 1. The molecule has 1 amide bonds. The van der Waals surface area contributed by atoms with E-state index in [9.17, 15) is 14.4 Å². The number of ether oxygens (including phenoxy) is 2. The van der Waals surface area contributed by atoms with Gasteiger partial charge in [0.05, 0.1) is 29.6 Å². The van der Waals surface area contributed by atoms with E-state index in [2.05, 4.69) is 9.97 Å². The molecule has 0 radical (unpaired) electrons. The molecular weight excluding hydrogens is 398 g/mol. The summed E-state index contributed by atoms with van der Waals surface area (Å²) in [6.07, 6.45) is -0.716. The highest BCUT2D eigenvalue weighted by Gasteiger charge is 2.38. The number of aromatic nitrogens is 2. The number of carbonyl (C=O) groups excluding carboxylic acids is 2. The summed E-state index contributed by atoms with van der Waals surface area (Å²) in [7, 11) is 1.54. The average molecular weight is 421 g/mol. The zero-order valence-corrected chi connectivity index (χ0v) is 17.5. The van der Waals surface area contributed by atoms with Gasteiger partial charge >= 0.3 is 5.97 Å². The smallest absolute Gasteiger partial charge is 0.311 e. The number of amides is 1. The third kappa shape index (κ3) is 4.01. The van der Waals surface area contributed by atoms with Gasteiger partial charge in [-0.15, -0.1) is 0 Å². The molecular formula is C23H23N3O5. The fourth-order valence-corrected chi connectivity index (χ4v) is 3.73. The van der Waals surface area contributed by atoms with Gasteiger partial charge in [0.25, 0.3) is 5.56 Å². The second kappa shape index (κ2) is 8.22. The summed E-state index contributed by atoms with van der Waals surface area (Å²) in [5.41, 5.74) is 1.85. The van der Waals surface area contributed by atoms with E-state index in [0.717, 1.165) is 5.56 Å². The summed E-state index contributed by atoms with van der Waals surface area (Å²) in [4.78, 5) is 46.3. The first-order chi connectivity index (χ1) is 14.9. The molecule has 1 fully saturated rings. The van der Waals surface area contributed by atoms with Gasteiger partial charge in [0.2, 0.25) is 5.91 Å². The lowest BCUT2D eigenvalue weighted by Crippen LogP contribution is -2.27. The number of methoxy groups -OCH3 is 1. The molecule has 2 heterocycles. The van der Waals surface area contributed by atoms with E-state index in [1.165, 1.54) is 0 Å². The van der Waals surface area contributed by atoms with Crippen LogP contribution in [0.15, 0.2) is 47.3 Å². The highest BCUT2D eigenvalue weighted by atomic mass is 16.5. The van der Waals surface area contributed by atoms with Crippen LogP contribution in [0.5, 0.6) is 5.75 Å². The minimum atomic E-state index is -0.762. The lowest BCUT2D eigenvalue weighted by atomic mass is 10.1. The number of benzene rings is 2. The summed E-state index contributed by atoms with van der Waals surface area (Å²) in [6, 6.07) is 12.5. The van der Waals surface area contributed by atoms with Gasteiger partial charge in [0.15, 0.2) is 11.9 Å². The molecule has 160 valence electrons. The van der Waals surface area contributed by atoms with Gasteiger partial charge in [-0.05, 0) is 43.7 Å². The molecule has 1 N–H and O–H groups in total. The summed E-state index contributed by atoms with van der Waals surface area (Å²) >= 11 is 0. The quantitative estimate of drug-likeness (QED) is 0.636. The predicted molar refractivity (Wildman–Crippen MR) is 115 cm³/mol. The second-order valence-corrected chi connectivity index (χ2v) is 7.63. The zero-order valence-electron chi connectivity index (χ0n) is 17.5. The third-order valence-electron chi connectivity index (χ3n) is 5.39. The molecule has 4 rings (SSSR count). The lowest BCUT2D eigenvalue weighted by molar-refractivity contribution is -0.153. The molecule has 8 nitrogen and oxygen atoms in total. The SMILES string of the molecule is COc1ccc(C)cc1N1C[C@H](C(=O)O[C@@H](C)c2nc3ccccc3c(=O)[nH]2)CC1=O. The molecule has 3 aromatic rings. The Bertz CT molecular complexity index is 1220. The van der Waals surface area contributed by atoms with Crippen molar-refractivity contribution in [1.29, 1.82) is 0 Å². The van der Waals surface area contributed by atoms with Crippen LogP contribution in [-0.4, -0.2) is 35.5 Å². The van der Waals surface area contributed by atoms with Gasteiger partial charge in [0, 0.05) is 13.0 Å². The number of para-hydroxylation sites is 1. The van der Waals surface area contributed by atoms with Crippen LogP contribution in [0, 0.1) is 12.8 Å². The third-order valence-corrected chi connectivity index (χ3v) is 5.39. The van der Waals surface area contributed by atoms with Crippen LogP contribution in [0.4, 0.5) is 5.69 Å². The van der Waals surface area contributed by atoms with Crippen molar-refractivity contribution in [3.05, 3.63) is 64.2 Å².